The first kappa shape index (κ1) is 19.1. The van der Waals surface area contributed by atoms with Crippen molar-refractivity contribution in [3.05, 3.63) is 60.1 Å². The molecule has 0 aliphatic rings. The number of hydrogen-bond acceptors (Lipinski definition) is 2. The van der Waals surface area contributed by atoms with E-state index in [-0.39, 0.29) is 13.1 Å². The SMILES string of the molecule is O=C(N(CCCCCCc1ccccc1)Cc1ccco1)C(F)(F)F. The van der Waals surface area contributed by atoms with Crippen LogP contribution in [-0.2, 0) is 17.8 Å². The van der Waals surface area contributed by atoms with Crippen molar-refractivity contribution in [2.75, 3.05) is 6.54 Å². The maximum Gasteiger partial charge on any atom is 0.471 e. The Morgan fingerprint density at radius 3 is 2.32 bits per heavy atom. The Labute approximate surface area is 145 Å². The number of amides is 1. The molecule has 1 heterocycles. The Kier molecular flexibility index (Phi) is 7.10. The van der Waals surface area contributed by atoms with Gasteiger partial charge >= 0.3 is 12.1 Å². The molecule has 1 aromatic carbocycles. The summed E-state index contributed by atoms with van der Waals surface area (Å²) < 4.78 is 43.2. The quantitative estimate of drug-likeness (QED) is 0.596. The highest BCUT2D eigenvalue weighted by Gasteiger charge is 2.42. The van der Waals surface area contributed by atoms with Crippen LogP contribution in [0, 0.1) is 0 Å². The van der Waals surface area contributed by atoms with Crippen molar-refractivity contribution in [1.82, 2.24) is 4.90 Å². The maximum atomic E-state index is 12.7. The Bertz CT molecular complexity index is 624. The van der Waals surface area contributed by atoms with Crippen LogP contribution in [0.15, 0.2) is 53.1 Å². The Morgan fingerprint density at radius 2 is 1.68 bits per heavy atom. The molecular formula is C19H22F3NO2. The molecule has 0 aliphatic heterocycles. The molecule has 1 aromatic heterocycles. The molecule has 2 aromatic rings. The smallest absolute Gasteiger partial charge is 0.467 e. The summed E-state index contributed by atoms with van der Waals surface area (Å²) in [5, 5.41) is 0. The third kappa shape index (κ3) is 6.64. The van der Waals surface area contributed by atoms with E-state index in [1.165, 1.54) is 11.8 Å². The van der Waals surface area contributed by atoms with E-state index in [0.29, 0.717) is 12.2 Å². The van der Waals surface area contributed by atoms with E-state index in [1.807, 2.05) is 18.2 Å². The number of alkyl halides is 3. The first-order valence-electron chi connectivity index (χ1n) is 8.39. The van der Waals surface area contributed by atoms with Crippen LogP contribution in [0.1, 0.15) is 37.0 Å². The molecule has 0 aliphatic carbocycles. The molecule has 6 heteroatoms. The van der Waals surface area contributed by atoms with Crippen LogP contribution in [0.2, 0.25) is 0 Å². The monoisotopic (exact) mass is 353 g/mol. The molecular weight excluding hydrogens is 331 g/mol. The molecule has 0 fully saturated rings. The molecule has 0 saturated carbocycles. The third-order valence-corrected chi connectivity index (χ3v) is 3.94. The molecule has 0 N–H and O–H groups in total. The molecule has 0 radical (unpaired) electrons. The minimum atomic E-state index is -4.86. The maximum absolute atomic E-state index is 12.7. The summed E-state index contributed by atoms with van der Waals surface area (Å²) >= 11 is 0. The Balaban J connectivity index is 1.74. The summed E-state index contributed by atoms with van der Waals surface area (Å²) in [4.78, 5) is 12.4. The number of nitrogens with zero attached hydrogens (tertiary/aromatic N) is 1. The summed E-state index contributed by atoms with van der Waals surface area (Å²) in [7, 11) is 0. The van der Waals surface area contributed by atoms with Crippen LogP contribution in [-0.4, -0.2) is 23.5 Å². The zero-order chi connectivity index (χ0) is 18.1. The van der Waals surface area contributed by atoms with Crippen LogP contribution >= 0.6 is 0 Å². The molecule has 0 spiro atoms. The van der Waals surface area contributed by atoms with Gasteiger partial charge in [-0.25, -0.2) is 0 Å². The van der Waals surface area contributed by atoms with Gasteiger partial charge in [-0.15, -0.1) is 0 Å². The molecule has 3 nitrogen and oxygen atoms in total. The Hall–Kier alpha value is -2.24. The summed E-state index contributed by atoms with van der Waals surface area (Å²) in [5.41, 5.74) is 1.26. The molecule has 2 rings (SSSR count). The van der Waals surface area contributed by atoms with Crippen molar-refractivity contribution >= 4 is 5.91 Å². The van der Waals surface area contributed by atoms with E-state index in [1.54, 1.807) is 12.1 Å². The number of halogens is 3. The topological polar surface area (TPSA) is 33.5 Å². The van der Waals surface area contributed by atoms with Gasteiger partial charge in [0.2, 0.25) is 0 Å². The van der Waals surface area contributed by atoms with Crippen LogP contribution in [0.3, 0.4) is 0 Å². The van der Waals surface area contributed by atoms with Gasteiger partial charge in [0.15, 0.2) is 0 Å². The molecule has 0 bridgehead atoms. The average Bonchev–Trinajstić information content (AvgIpc) is 3.09. The second kappa shape index (κ2) is 9.30. The Morgan fingerprint density at radius 1 is 0.960 bits per heavy atom. The zero-order valence-corrected chi connectivity index (χ0v) is 14.0. The van der Waals surface area contributed by atoms with Crippen molar-refractivity contribution < 1.29 is 22.4 Å². The van der Waals surface area contributed by atoms with Crippen molar-refractivity contribution in [3.8, 4) is 0 Å². The molecule has 0 atom stereocenters. The lowest BCUT2D eigenvalue weighted by molar-refractivity contribution is -0.186. The van der Waals surface area contributed by atoms with Crippen LogP contribution < -0.4 is 0 Å². The van der Waals surface area contributed by atoms with Gasteiger partial charge in [0.25, 0.3) is 0 Å². The van der Waals surface area contributed by atoms with E-state index >= 15 is 0 Å². The second-order valence-electron chi connectivity index (χ2n) is 5.95. The lowest BCUT2D eigenvalue weighted by Gasteiger charge is -2.22. The highest BCUT2D eigenvalue weighted by molar-refractivity contribution is 5.81. The fourth-order valence-electron chi connectivity index (χ4n) is 2.65. The highest BCUT2D eigenvalue weighted by Crippen LogP contribution is 2.21. The fourth-order valence-corrected chi connectivity index (χ4v) is 2.65. The van der Waals surface area contributed by atoms with E-state index in [4.69, 9.17) is 4.42 Å². The van der Waals surface area contributed by atoms with Crippen LogP contribution in [0.4, 0.5) is 13.2 Å². The fraction of sp³-hybridized carbons (Fsp3) is 0.421. The van der Waals surface area contributed by atoms with Gasteiger partial charge in [-0.05, 0) is 37.0 Å². The number of hydrogen-bond donors (Lipinski definition) is 0. The standard InChI is InChI=1S/C19H22F3NO2/c20-19(21,22)18(24)23(15-17-12-8-14-25-17)13-7-2-1-4-9-16-10-5-3-6-11-16/h3,5-6,8,10-12,14H,1-2,4,7,9,13,15H2. The van der Waals surface area contributed by atoms with Gasteiger partial charge < -0.3 is 9.32 Å². The van der Waals surface area contributed by atoms with Gasteiger partial charge in [-0.2, -0.15) is 13.2 Å². The molecule has 0 unspecified atom stereocenters. The summed E-state index contributed by atoms with van der Waals surface area (Å²) in [6.07, 6.45) is 0.705. The summed E-state index contributed by atoms with van der Waals surface area (Å²) in [5.74, 6) is -1.46. The number of furan rings is 1. The molecule has 136 valence electrons. The first-order chi connectivity index (χ1) is 12.0. The van der Waals surface area contributed by atoms with Gasteiger partial charge in [-0.1, -0.05) is 43.2 Å². The normalized spacial score (nSPS) is 11.5. The summed E-state index contributed by atoms with van der Waals surface area (Å²) in [6.45, 7) is -0.0836. The highest BCUT2D eigenvalue weighted by atomic mass is 19.4. The van der Waals surface area contributed by atoms with Gasteiger partial charge in [0.05, 0.1) is 12.8 Å². The average molecular weight is 353 g/mol. The largest absolute Gasteiger partial charge is 0.471 e. The second-order valence-corrected chi connectivity index (χ2v) is 5.95. The minimum Gasteiger partial charge on any atom is -0.467 e. The predicted molar refractivity (Wildman–Crippen MR) is 88.8 cm³/mol. The van der Waals surface area contributed by atoms with Crippen molar-refractivity contribution in [1.29, 1.82) is 0 Å². The van der Waals surface area contributed by atoms with E-state index in [9.17, 15) is 18.0 Å². The van der Waals surface area contributed by atoms with Crippen molar-refractivity contribution in [2.45, 2.75) is 44.8 Å². The van der Waals surface area contributed by atoms with Crippen molar-refractivity contribution in [3.63, 3.8) is 0 Å². The number of unbranched alkanes of at least 4 members (excludes halogenated alkanes) is 3. The number of aryl methyl sites for hydroxylation is 1. The lowest BCUT2D eigenvalue weighted by Crippen LogP contribution is -2.41. The summed E-state index contributed by atoms with van der Waals surface area (Å²) in [6, 6.07) is 13.2. The van der Waals surface area contributed by atoms with E-state index in [0.717, 1.165) is 30.6 Å². The van der Waals surface area contributed by atoms with Crippen molar-refractivity contribution in [2.24, 2.45) is 0 Å². The van der Waals surface area contributed by atoms with Gasteiger partial charge in [-0.3, -0.25) is 4.79 Å². The predicted octanol–water partition coefficient (Wildman–Crippen LogP) is 4.97. The van der Waals surface area contributed by atoms with E-state index in [2.05, 4.69) is 12.1 Å². The molecule has 1 amide bonds. The zero-order valence-electron chi connectivity index (χ0n) is 14.0. The molecule has 25 heavy (non-hydrogen) atoms. The minimum absolute atomic E-state index is 0.0738. The molecule has 0 saturated heterocycles. The van der Waals surface area contributed by atoms with Gasteiger partial charge in [0, 0.05) is 6.54 Å². The number of carbonyl (C=O) groups excluding carboxylic acids is 1. The van der Waals surface area contributed by atoms with Crippen LogP contribution in [0.5, 0.6) is 0 Å². The first-order valence-corrected chi connectivity index (χ1v) is 8.39. The van der Waals surface area contributed by atoms with Crippen LogP contribution in [0.25, 0.3) is 0 Å². The van der Waals surface area contributed by atoms with E-state index < -0.39 is 12.1 Å². The van der Waals surface area contributed by atoms with Gasteiger partial charge in [0.1, 0.15) is 5.76 Å². The number of benzene rings is 1. The number of carbonyl (C=O) groups is 1. The third-order valence-electron chi connectivity index (χ3n) is 3.94. The lowest BCUT2D eigenvalue weighted by atomic mass is 10.1. The number of rotatable bonds is 9.